The lowest BCUT2D eigenvalue weighted by Crippen LogP contribution is -2.40. The van der Waals surface area contributed by atoms with Crippen molar-refractivity contribution in [1.82, 2.24) is 0 Å². The Kier molecular flexibility index (Phi) is 5.48. The fourth-order valence-corrected chi connectivity index (χ4v) is 4.62. The number of aldehydes is 1. The van der Waals surface area contributed by atoms with E-state index in [1.54, 1.807) is 12.1 Å². The number of amides is 2. The zero-order chi connectivity index (χ0) is 22.2. The van der Waals surface area contributed by atoms with Gasteiger partial charge in [0.25, 0.3) is 11.8 Å². The summed E-state index contributed by atoms with van der Waals surface area (Å²) in [6.07, 6.45) is 3.27. The molecule has 0 radical (unpaired) electrons. The minimum atomic E-state index is -0.298. The second kappa shape index (κ2) is 8.10. The highest BCUT2D eigenvalue weighted by molar-refractivity contribution is 6.35. The van der Waals surface area contributed by atoms with Gasteiger partial charge in [-0.15, -0.1) is 0 Å². The molecule has 0 bridgehead atoms. The van der Waals surface area contributed by atoms with E-state index in [9.17, 15) is 14.4 Å². The summed E-state index contributed by atoms with van der Waals surface area (Å²) >= 11 is 0. The largest absolute Gasteiger partial charge is 0.303 e. The highest BCUT2D eigenvalue weighted by Gasteiger charge is 2.33. The molecule has 3 aromatic rings. The molecule has 0 saturated carbocycles. The van der Waals surface area contributed by atoms with Crippen LogP contribution in [-0.4, -0.2) is 18.1 Å². The van der Waals surface area contributed by atoms with Gasteiger partial charge in [0.15, 0.2) is 0 Å². The molecule has 1 aliphatic heterocycles. The van der Waals surface area contributed by atoms with E-state index in [4.69, 9.17) is 0 Å². The van der Waals surface area contributed by atoms with Crippen LogP contribution in [0, 0.1) is 11.3 Å². The van der Waals surface area contributed by atoms with Gasteiger partial charge in [0, 0.05) is 22.9 Å². The summed E-state index contributed by atoms with van der Waals surface area (Å²) in [7, 11) is 0. The third-order valence-electron chi connectivity index (χ3n) is 5.82. The molecule has 4 rings (SSSR count). The molecular formula is C27H27NO3. The fourth-order valence-electron chi connectivity index (χ4n) is 4.62. The first-order chi connectivity index (χ1) is 14.8. The van der Waals surface area contributed by atoms with Gasteiger partial charge in [-0.3, -0.25) is 9.59 Å². The zero-order valence-electron chi connectivity index (χ0n) is 18.2. The lowest BCUT2D eigenvalue weighted by Gasteiger charge is -2.27. The van der Waals surface area contributed by atoms with Crippen molar-refractivity contribution in [3.8, 4) is 0 Å². The first-order valence-electron chi connectivity index (χ1n) is 10.7. The standard InChI is InChI=1S/C27H27NO3/c1-27(2,3)17-19(14-15-29)16-18-10-12-21(13-11-18)28-25(30)22-8-4-6-20-7-5-9-23(24(20)22)26(28)31/h4-13,15,19H,14,16-17H2,1-3H3. The quantitative estimate of drug-likeness (QED) is 0.378. The molecule has 0 spiro atoms. The van der Waals surface area contributed by atoms with Crippen LogP contribution in [0.15, 0.2) is 60.7 Å². The SMILES string of the molecule is CC(C)(C)CC(CC=O)Cc1ccc(N2C(=O)c3cccc4cccc(c34)C2=O)cc1. The molecule has 0 N–H and O–H groups in total. The highest BCUT2D eigenvalue weighted by Crippen LogP contribution is 2.33. The van der Waals surface area contributed by atoms with Crippen molar-refractivity contribution in [3.05, 3.63) is 77.4 Å². The molecule has 2 amide bonds. The van der Waals surface area contributed by atoms with Crippen molar-refractivity contribution in [1.29, 1.82) is 0 Å². The Bertz CT molecular complexity index is 1100. The van der Waals surface area contributed by atoms with E-state index in [-0.39, 0.29) is 23.1 Å². The van der Waals surface area contributed by atoms with Crippen LogP contribution in [0.3, 0.4) is 0 Å². The van der Waals surface area contributed by atoms with Gasteiger partial charge in [-0.2, -0.15) is 0 Å². The maximum absolute atomic E-state index is 13.2. The first kappa shape index (κ1) is 21.0. The van der Waals surface area contributed by atoms with Crippen LogP contribution in [-0.2, 0) is 11.2 Å². The van der Waals surface area contributed by atoms with E-state index in [1.807, 2.05) is 48.5 Å². The molecule has 1 atom stereocenters. The Morgan fingerprint density at radius 2 is 1.45 bits per heavy atom. The molecule has 158 valence electrons. The normalized spacial score (nSPS) is 14.7. The summed E-state index contributed by atoms with van der Waals surface area (Å²) in [6, 6.07) is 18.6. The molecule has 0 aliphatic carbocycles. The van der Waals surface area contributed by atoms with E-state index < -0.39 is 0 Å². The fraction of sp³-hybridized carbons (Fsp3) is 0.296. The third kappa shape index (κ3) is 4.15. The molecular weight excluding hydrogens is 386 g/mol. The number of carbonyl (C=O) groups excluding carboxylic acids is 3. The van der Waals surface area contributed by atoms with Crippen LogP contribution < -0.4 is 4.90 Å². The third-order valence-corrected chi connectivity index (χ3v) is 5.82. The topological polar surface area (TPSA) is 54.5 Å². The number of imide groups is 1. The molecule has 31 heavy (non-hydrogen) atoms. The van der Waals surface area contributed by atoms with Crippen molar-refractivity contribution in [3.63, 3.8) is 0 Å². The van der Waals surface area contributed by atoms with E-state index in [0.29, 0.717) is 23.2 Å². The minimum Gasteiger partial charge on any atom is -0.303 e. The Morgan fingerprint density at radius 3 is 1.97 bits per heavy atom. The lowest BCUT2D eigenvalue weighted by molar-refractivity contribution is -0.108. The van der Waals surface area contributed by atoms with Gasteiger partial charge in [-0.1, -0.05) is 57.2 Å². The number of carbonyl (C=O) groups is 3. The van der Waals surface area contributed by atoms with Crippen molar-refractivity contribution in [2.24, 2.45) is 11.3 Å². The van der Waals surface area contributed by atoms with Crippen molar-refractivity contribution in [2.75, 3.05) is 4.90 Å². The average molecular weight is 414 g/mol. The van der Waals surface area contributed by atoms with Crippen LogP contribution >= 0.6 is 0 Å². The maximum Gasteiger partial charge on any atom is 0.265 e. The average Bonchev–Trinajstić information content (AvgIpc) is 2.72. The number of anilines is 1. The monoisotopic (exact) mass is 413 g/mol. The van der Waals surface area contributed by atoms with E-state index in [0.717, 1.165) is 35.5 Å². The van der Waals surface area contributed by atoms with Crippen LogP contribution in [0.4, 0.5) is 5.69 Å². The van der Waals surface area contributed by atoms with E-state index >= 15 is 0 Å². The zero-order valence-corrected chi connectivity index (χ0v) is 18.2. The molecule has 1 heterocycles. The minimum absolute atomic E-state index is 0.147. The maximum atomic E-state index is 13.2. The van der Waals surface area contributed by atoms with Crippen LogP contribution in [0.25, 0.3) is 10.8 Å². The number of nitrogens with zero attached hydrogens (tertiary/aromatic N) is 1. The summed E-state index contributed by atoms with van der Waals surface area (Å²) in [5.41, 5.74) is 2.91. The lowest BCUT2D eigenvalue weighted by atomic mass is 9.81. The van der Waals surface area contributed by atoms with Gasteiger partial charge in [-0.05, 0) is 59.4 Å². The smallest absolute Gasteiger partial charge is 0.265 e. The Hall–Kier alpha value is -3.27. The van der Waals surface area contributed by atoms with E-state index in [2.05, 4.69) is 20.8 Å². The predicted octanol–water partition coefficient (Wildman–Crippen LogP) is 5.82. The molecule has 1 unspecified atom stereocenters. The van der Waals surface area contributed by atoms with Crippen LogP contribution in [0.2, 0.25) is 0 Å². The number of rotatable bonds is 6. The molecule has 0 fully saturated rings. The van der Waals surface area contributed by atoms with Crippen LogP contribution in [0.1, 0.15) is 59.9 Å². The van der Waals surface area contributed by atoms with Gasteiger partial charge in [0.2, 0.25) is 0 Å². The molecule has 4 heteroatoms. The Morgan fingerprint density at radius 1 is 0.871 bits per heavy atom. The van der Waals surface area contributed by atoms with Gasteiger partial charge >= 0.3 is 0 Å². The van der Waals surface area contributed by atoms with Crippen molar-refractivity contribution in [2.45, 2.75) is 40.0 Å². The second-order valence-corrected chi connectivity index (χ2v) is 9.56. The number of hydrogen-bond donors (Lipinski definition) is 0. The number of benzene rings is 3. The molecule has 3 aromatic carbocycles. The van der Waals surface area contributed by atoms with Gasteiger partial charge in [0.1, 0.15) is 6.29 Å². The highest BCUT2D eigenvalue weighted by atomic mass is 16.2. The summed E-state index contributed by atoms with van der Waals surface area (Å²) < 4.78 is 0. The summed E-state index contributed by atoms with van der Waals surface area (Å²) in [5, 5.41) is 1.62. The van der Waals surface area contributed by atoms with Gasteiger partial charge in [0.05, 0.1) is 5.69 Å². The molecule has 4 nitrogen and oxygen atoms in total. The summed E-state index contributed by atoms with van der Waals surface area (Å²) in [5.74, 6) is -0.326. The van der Waals surface area contributed by atoms with Crippen molar-refractivity contribution >= 4 is 34.6 Å². The van der Waals surface area contributed by atoms with Gasteiger partial charge < -0.3 is 4.79 Å². The Labute approximate surface area is 182 Å². The van der Waals surface area contributed by atoms with Crippen LogP contribution in [0.5, 0.6) is 0 Å². The van der Waals surface area contributed by atoms with E-state index in [1.165, 1.54) is 4.90 Å². The number of hydrogen-bond acceptors (Lipinski definition) is 3. The Balaban J connectivity index is 1.61. The summed E-state index contributed by atoms with van der Waals surface area (Å²) in [4.78, 5) is 38.8. The predicted molar refractivity (Wildman–Crippen MR) is 123 cm³/mol. The molecule has 0 saturated heterocycles. The van der Waals surface area contributed by atoms with Crippen molar-refractivity contribution < 1.29 is 14.4 Å². The van der Waals surface area contributed by atoms with Gasteiger partial charge in [-0.25, -0.2) is 4.90 Å². The molecule has 0 aromatic heterocycles. The summed E-state index contributed by atoms with van der Waals surface area (Å²) in [6.45, 7) is 6.54. The molecule has 1 aliphatic rings. The second-order valence-electron chi connectivity index (χ2n) is 9.56. The first-order valence-corrected chi connectivity index (χ1v) is 10.7.